The summed E-state index contributed by atoms with van der Waals surface area (Å²) in [5.41, 5.74) is 2.52. The Balaban J connectivity index is 1.69. The number of carbonyl (C=O) groups excluding carboxylic acids is 1. The molecular formula is C19H17NO3. The first-order chi connectivity index (χ1) is 11.2. The van der Waals surface area contributed by atoms with Gasteiger partial charge in [-0.25, -0.2) is 0 Å². The fraction of sp³-hybridized carbons (Fsp3) is 0.105. The number of amides is 1. The minimum Gasteiger partial charge on any atom is -0.489 e. The lowest BCUT2D eigenvalue weighted by atomic mass is 10.2. The number of rotatable bonds is 5. The van der Waals surface area contributed by atoms with Crippen molar-refractivity contribution in [3.63, 3.8) is 0 Å². The van der Waals surface area contributed by atoms with Gasteiger partial charge in [-0.05, 0) is 42.8 Å². The van der Waals surface area contributed by atoms with Crippen LogP contribution in [-0.4, -0.2) is 5.91 Å². The minimum absolute atomic E-state index is 0.266. The lowest BCUT2D eigenvalue weighted by molar-refractivity contribution is 0.0993. The maximum atomic E-state index is 12.4. The lowest BCUT2D eigenvalue weighted by Crippen LogP contribution is -2.13. The molecule has 0 spiro atoms. The third-order valence-electron chi connectivity index (χ3n) is 3.37. The largest absolute Gasteiger partial charge is 0.489 e. The Bertz CT molecular complexity index is 793. The Morgan fingerprint density at radius 2 is 1.91 bits per heavy atom. The summed E-state index contributed by atoms with van der Waals surface area (Å²) in [7, 11) is 0. The minimum atomic E-state index is -0.285. The van der Waals surface area contributed by atoms with Crippen molar-refractivity contribution < 1.29 is 13.9 Å². The topological polar surface area (TPSA) is 51.5 Å². The average Bonchev–Trinajstić information content (AvgIpc) is 3.02. The van der Waals surface area contributed by atoms with E-state index in [0.717, 1.165) is 17.0 Å². The molecule has 0 radical (unpaired) electrons. The summed E-state index contributed by atoms with van der Waals surface area (Å²) < 4.78 is 11.0. The highest BCUT2D eigenvalue weighted by molar-refractivity contribution is 6.03. The van der Waals surface area contributed by atoms with Crippen LogP contribution in [0.15, 0.2) is 71.3 Å². The molecule has 1 N–H and O–H groups in total. The maximum Gasteiger partial charge on any atom is 0.291 e. The van der Waals surface area contributed by atoms with Crippen molar-refractivity contribution in [2.45, 2.75) is 13.5 Å². The predicted molar refractivity (Wildman–Crippen MR) is 88.6 cm³/mol. The number of hydrogen-bond donors (Lipinski definition) is 1. The van der Waals surface area contributed by atoms with Crippen LogP contribution in [0.5, 0.6) is 5.75 Å². The highest BCUT2D eigenvalue weighted by Gasteiger charge is 2.16. The van der Waals surface area contributed by atoms with Crippen molar-refractivity contribution in [2.24, 2.45) is 0 Å². The Morgan fingerprint density at radius 1 is 1.09 bits per heavy atom. The molecule has 2 aromatic carbocycles. The van der Waals surface area contributed by atoms with Crippen LogP contribution in [0.1, 0.15) is 21.7 Å². The van der Waals surface area contributed by atoms with Crippen LogP contribution in [0.3, 0.4) is 0 Å². The Labute approximate surface area is 134 Å². The molecule has 0 fully saturated rings. The number of aryl methyl sites for hydroxylation is 1. The average molecular weight is 307 g/mol. The van der Waals surface area contributed by atoms with E-state index < -0.39 is 0 Å². The molecule has 0 unspecified atom stereocenters. The predicted octanol–water partition coefficient (Wildman–Crippen LogP) is 4.42. The molecule has 0 saturated carbocycles. The van der Waals surface area contributed by atoms with Crippen molar-refractivity contribution in [3.8, 4) is 5.75 Å². The Hall–Kier alpha value is -3.01. The Kier molecular flexibility index (Phi) is 4.43. The van der Waals surface area contributed by atoms with E-state index in [0.29, 0.717) is 5.56 Å². The molecule has 0 aliphatic carbocycles. The van der Waals surface area contributed by atoms with E-state index in [9.17, 15) is 4.79 Å². The maximum absolute atomic E-state index is 12.4. The number of para-hydroxylation sites is 1. The van der Waals surface area contributed by atoms with Crippen molar-refractivity contribution in [1.29, 1.82) is 0 Å². The molecule has 3 aromatic rings. The van der Waals surface area contributed by atoms with E-state index in [1.165, 1.54) is 6.26 Å². The molecule has 0 atom stereocenters. The highest BCUT2D eigenvalue weighted by atomic mass is 16.5. The van der Waals surface area contributed by atoms with E-state index in [1.54, 1.807) is 6.07 Å². The number of carbonyl (C=O) groups is 1. The molecular weight excluding hydrogens is 290 g/mol. The number of ether oxygens (including phenoxy) is 1. The van der Waals surface area contributed by atoms with Gasteiger partial charge in [0.1, 0.15) is 12.4 Å². The van der Waals surface area contributed by atoms with Gasteiger partial charge >= 0.3 is 0 Å². The summed E-state index contributed by atoms with van der Waals surface area (Å²) >= 11 is 0. The molecule has 0 saturated heterocycles. The molecule has 116 valence electrons. The van der Waals surface area contributed by atoms with Crippen LogP contribution in [0, 0.1) is 6.92 Å². The van der Waals surface area contributed by atoms with Gasteiger partial charge in [0.05, 0.1) is 6.26 Å². The van der Waals surface area contributed by atoms with Gasteiger partial charge in [0, 0.05) is 11.3 Å². The van der Waals surface area contributed by atoms with Gasteiger partial charge in [-0.1, -0.05) is 30.3 Å². The first kappa shape index (κ1) is 14.9. The van der Waals surface area contributed by atoms with Crippen molar-refractivity contribution in [1.82, 2.24) is 0 Å². The van der Waals surface area contributed by atoms with E-state index >= 15 is 0 Å². The summed E-state index contributed by atoms with van der Waals surface area (Å²) in [6.45, 7) is 2.25. The van der Waals surface area contributed by atoms with Crippen molar-refractivity contribution >= 4 is 11.6 Å². The molecule has 1 amide bonds. The van der Waals surface area contributed by atoms with Gasteiger partial charge in [-0.3, -0.25) is 4.79 Å². The zero-order valence-electron chi connectivity index (χ0n) is 12.8. The number of anilines is 1. The zero-order valence-corrected chi connectivity index (χ0v) is 12.8. The van der Waals surface area contributed by atoms with Crippen LogP contribution in [0.25, 0.3) is 0 Å². The quantitative estimate of drug-likeness (QED) is 0.759. The van der Waals surface area contributed by atoms with Crippen molar-refractivity contribution in [3.05, 3.63) is 83.8 Å². The number of benzene rings is 2. The molecule has 4 nitrogen and oxygen atoms in total. The third kappa shape index (κ3) is 3.80. The van der Waals surface area contributed by atoms with Gasteiger partial charge in [0.2, 0.25) is 0 Å². The number of nitrogens with one attached hydrogen (secondary N) is 1. The molecule has 3 rings (SSSR count). The summed E-state index contributed by atoms with van der Waals surface area (Å²) in [5, 5.41) is 2.84. The SMILES string of the molecule is Cc1cccc(NC(=O)c2occc2COc2ccccc2)c1. The van der Waals surface area contributed by atoms with Crippen LogP contribution >= 0.6 is 0 Å². The smallest absolute Gasteiger partial charge is 0.291 e. The second-order valence-electron chi connectivity index (χ2n) is 5.20. The molecule has 0 aliphatic rings. The van der Waals surface area contributed by atoms with E-state index in [1.807, 2.05) is 61.5 Å². The van der Waals surface area contributed by atoms with Crippen LogP contribution in [0.2, 0.25) is 0 Å². The normalized spacial score (nSPS) is 10.3. The summed E-state index contributed by atoms with van der Waals surface area (Å²) in [5.74, 6) is 0.730. The molecule has 0 aliphatic heterocycles. The van der Waals surface area contributed by atoms with Crippen LogP contribution in [0.4, 0.5) is 5.69 Å². The van der Waals surface area contributed by atoms with Gasteiger partial charge < -0.3 is 14.5 Å². The molecule has 23 heavy (non-hydrogen) atoms. The van der Waals surface area contributed by atoms with E-state index in [2.05, 4.69) is 5.32 Å². The van der Waals surface area contributed by atoms with Crippen molar-refractivity contribution in [2.75, 3.05) is 5.32 Å². The summed E-state index contributed by atoms with van der Waals surface area (Å²) in [6.07, 6.45) is 1.49. The van der Waals surface area contributed by atoms with Gasteiger partial charge in [0.25, 0.3) is 5.91 Å². The third-order valence-corrected chi connectivity index (χ3v) is 3.37. The molecule has 4 heteroatoms. The number of hydrogen-bond acceptors (Lipinski definition) is 3. The second-order valence-corrected chi connectivity index (χ2v) is 5.20. The summed E-state index contributed by atoms with van der Waals surface area (Å²) in [6, 6.07) is 18.8. The van der Waals surface area contributed by atoms with Crippen LogP contribution in [-0.2, 0) is 6.61 Å². The van der Waals surface area contributed by atoms with E-state index in [-0.39, 0.29) is 18.3 Å². The van der Waals surface area contributed by atoms with Gasteiger partial charge in [0.15, 0.2) is 5.76 Å². The van der Waals surface area contributed by atoms with Crippen LogP contribution < -0.4 is 10.1 Å². The standard InChI is InChI=1S/C19H17NO3/c1-14-6-5-7-16(12-14)20-19(21)18-15(10-11-22-18)13-23-17-8-3-2-4-9-17/h2-12H,13H2,1H3,(H,20,21). The molecule has 1 aromatic heterocycles. The summed E-state index contributed by atoms with van der Waals surface area (Å²) in [4.78, 5) is 12.4. The molecule has 1 heterocycles. The first-order valence-electron chi connectivity index (χ1n) is 7.34. The fourth-order valence-corrected chi connectivity index (χ4v) is 2.24. The second kappa shape index (κ2) is 6.83. The molecule has 0 bridgehead atoms. The lowest BCUT2D eigenvalue weighted by Gasteiger charge is -2.07. The fourth-order valence-electron chi connectivity index (χ4n) is 2.24. The zero-order chi connectivity index (χ0) is 16.1. The Morgan fingerprint density at radius 3 is 2.70 bits per heavy atom. The van der Waals surface area contributed by atoms with E-state index in [4.69, 9.17) is 9.15 Å². The first-order valence-corrected chi connectivity index (χ1v) is 7.34. The van der Waals surface area contributed by atoms with Gasteiger partial charge in [-0.2, -0.15) is 0 Å². The highest BCUT2D eigenvalue weighted by Crippen LogP contribution is 2.18. The monoisotopic (exact) mass is 307 g/mol. The van der Waals surface area contributed by atoms with Gasteiger partial charge in [-0.15, -0.1) is 0 Å². The number of furan rings is 1.